The number of carbonyl (C=O) groups is 2. The van der Waals surface area contributed by atoms with Crippen molar-refractivity contribution in [1.82, 2.24) is 9.80 Å². The monoisotopic (exact) mass is 363 g/mol. The molecule has 0 unspecified atom stereocenters. The van der Waals surface area contributed by atoms with Crippen LogP contribution in [-0.4, -0.2) is 72.2 Å². The average Bonchev–Trinajstić information content (AvgIpc) is 2.62. The van der Waals surface area contributed by atoms with Crippen LogP contribution in [0.2, 0.25) is 0 Å². The maximum Gasteiger partial charge on any atom is 0.317 e. The number of likely N-dealkylation sites (N-methyl/N-ethyl adjacent to an activating group) is 1. The van der Waals surface area contributed by atoms with Crippen LogP contribution in [0.15, 0.2) is 24.3 Å². The first-order chi connectivity index (χ1) is 12.5. The zero-order valence-electron chi connectivity index (χ0n) is 15.6. The number of ether oxygens (including phenoxy) is 1. The Balaban J connectivity index is 1.76. The minimum absolute atomic E-state index is 0.0366. The molecule has 1 aromatic rings. The number of likely N-dealkylation sites (tertiary alicyclic amines) is 1. The zero-order valence-corrected chi connectivity index (χ0v) is 15.6. The highest BCUT2D eigenvalue weighted by Gasteiger charge is 2.25. The van der Waals surface area contributed by atoms with Crippen molar-refractivity contribution in [3.8, 4) is 5.75 Å². The topological polar surface area (TPSA) is 82.1 Å². The highest BCUT2D eigenvalue weighted by atomic mass is 16.5. The van der Waals surface area contributed by atoms with E-state index in [0.29, 0.717) is 13.2 Å². The van der Waals surface area contributed by atoms with Crippen LogP contribution in [0.1, 0.15) is 26.7 Å². The van der Waals surface area contributed by atoms with Crippen LogP contribution in [0, 0.1) is 0 Å². The Morgan fingerprint density at radius 3 is 2.42 bits per heavy atom. The van der Waals surface area contributed by atoms with Crippen molar-refractivity contribution in [2.24, 2.45) is 0 Å². The fourth-order valence-corrected chi connectivity index (χ4v) is 3.32. The number of aliphatic carboxylic acids is 1. The number of amides is 1. The molecule has 0 spiro atoms. The lowest BCUT2D eigenvalue weighted by Gasteiger charge is -2.37. The van der Waals surface area contributed by atoms with Crippen molar-refractivity contribution in [2.75, 3.05) is 44.6 Å². The van der Waals surface area contributed by atoms with Crippen LogP contribution in [-0.2, 0) is 9.59 Å². The molecule has 1 saturated heterocycles. The van der Waals surface area contributed by atoms with Gasteiger partial charge in [0.2, 0.25) is 5.91 Å². The molecular weight excluding hydrogens is 334 g/mol. The molecule has 1 amide bonds. The summed E-state index contributed by atoms with van der Waals surface area (Å²) in [7, 11) is 0. The Labute approximate surface area is 154 Å². The van der Waals surface area contributed by atoms with Gasteiger partial charge in [0.1, 0.15) is 5.75 Å². The van der Waals surface area contributed by atoms with Gasteiger partial charge in [-0.1, -0.05) is 6.92 Å². The lowest BCUT2D eigenvalue weighted by atomic mass is 10.0. The van der Waals surface area contributed by atoms with Crippen molar-refractivity contribution in [3.63, 3.8) is 0 Å². The van der Waals surface area contributed by atoms with E-state index >= 15 is 0 Å². The third-order valence-corrected chi connectivity index (χ3v) is 4.63. The normalized spacial score (nSPS) is 15.8. The SMILES string of the molecule is CCOc1ccc(NC(=O)CN2CCC(N(CC)CC(=O)O)CC2)cc1. The van der Waals surface area contributed by atoms with Gasteiger partial charge in [-0.15, -0.1) is 0 Å². The summed E-state index contributed by atoms with van der Waals surface area (Å²) < 4.78 is 5.39. The first-order valence-corrected chi connectivity index (χ1v) is 9.22. The molecule has 7 nitrogen and oxygen atoms in total. The number of carbonyl (C=O) groups excluding carboxylic acids is 1. The van der Waals surface area contributed by atoms with Crippen LogP contribution in [0.5, 0.6) is 5.75 Å². The van der Waals surface area contributed by atoms with Gasteiger partial charge in [0.05, 0.1) is 19.7 Å². The van der Waals surface area contributed by atoms with E-state index < -0.39 is 5.97 Å². The molecule has 2 N–H and O–H groups in total. The lowest BCUT2D eigenvalue weighted by molar-refractivity contribution is -0.139. The van der Waals surface area contributed by atoms with Crippen molar-refractivity contribution in [3.05, 3.63) is 24.3 Å². The first-order valence-electron chi connectivity index (χ1n) is 9.22. The fourth-order valence-electron chi connectivity index (χ4n) is 3.32. The van der Waals surface area contributed by atoms with E-state index in [0.717, 1.165) is 43.9 Å². The van der Waals surface area contributed by atoms with E-state index in [-0.39, 0.29) is 18.5 Å². The number of carboxylic acids is 1. The van der Waals surface area contributed by atoms with Crippen LogP contribution in [0.4, 0.5) is 5.69 Å². The largest absolute Gasteiger partial charge is 0.494 e. The number of nitrogens with zero attached hydrogens (tertiary/aromatic N) is 2. The molecule has 26 heavy (non-hydrogen) atoms. The molecule has 0 aromatic heterocycles. The van der Waals surface area contributed by atoms with Gasteiger partial charge in [0, 0.05) is 24.8 Å². The molecule has 1 fully saturated rings. The molecule has 1 heterocycles. The standard InChI is InChI=1S/C19H29N3O4/c1-3-22(14-19(24)25)16-9-11-21(12-10-16)13-18(23)20-15-5-7-17(8-6-15)26-4-2/h5-8,16H,3-4,9-14H2,1-2H3,(H,20,23)(H,24,25). The Kier molecular flexibility index (Phi) is 7.87. The summed E-state index contributed by atoms with van der Waals surface area (Å²) in [5.41, 5.74) is 0.756. The maximum atomic E-state index is 12.2. The molecule has 0 bridgehead atoms. The summed E-state index contributed by atoms with van der Waals surface area (Å²) in [5, 5.41) is 11.9. The summed E-state index contributed by atoms with van der Waals surface area (Å²) in [6, 6.07) is 7.63. The summed E-state index contributed by atoms with van der Waals surface area (Å²) in [6.45, 7) is 7.30. The molecule has 1 aliphatic rings. The molecule has 0 radical (unpaired) electrons. The number of carboxylic acid groups (broad SMARTS) is 1. The second-order valence-electron chi connectivity index (χ2n) is 6.47. The number of hydrogen-bond acceptors (Lipinski definition) is 5. The third kappa shape index (κ3) is 6.31. The van der Waals surface area contributed by atoms with Crippen LogP contribution >= 0.6 is 0 Å². The fraction of sp³-hybridized carbons (Fsp3) is 0.579. The van der Waals surface area contributed by atoms with E-state index in [1.165, 1.54) is 0 Å². The summed E-state index contributed by atoms with van der Waals surface area (Å²) in [4.78, 5) is 27.3. The van der Waals surface area contributed by atoms with Gasteiger partial charge >= 0.3 is 5.97 Å². The van der Waals surface area contributed by atoms with Gasteiger partial charge in [-0.25, -0.2) is 0 Å². The first kappa shape index (κ1) is 20.2. The van der Waals surface area contributed by atoms with Gasteiger partial charge in [0.15, 0.2) is 0 Å². The van der Waals surface area contributed by atoms with E-state index in [2.05, 4.69) is 10.2 Å². The molecule has 2 rings (SSSR count). The maximum absolute atomic E-state index is 12.2. The quantitative estimate of drug-likeness (QED) is 0.697. The van der Waals surface area contributed by atoms with Crippen LogP contribution in [0.3, 0.4) is 0 Å². The second kappa shape index (κ2) is 10.1. The predicted octanol–water partition coefficient (Wildman–Crippen LogP) is 1.89. The number of anilines is 1. The van der Waals surface area contributed by atoms with Gasteiger partial charge in [-0.3, -0.25) is 19.4 Å². The van der Waals surface area contributed by atoms with E-state index in [4.69, 9.17) is 9.84 Å². The summed E-state index contributed by atoms with van der Waals surface area (Å²) in [6.07, 6.45) is 1.77. The van der Waals surface area contributed by atoms with E-state index in [1.807, 2.05) is 43.0 Å². The number of rotatable bonds is 9. The molecular formula is C19H29N3O4. The minimum atomic E-state index is -0.788. The predicted molar refractivity (Wildman–Crippen MR) is 101 cm³/mol. The van der Waals surface area contributed by atoms with Gasteiger partial charge in [-0.05, 0) is 50.6 Å². The Hall–Kier alpha value is -2.12. The van der Waals surface area contributed by atoms with Gasteiger partial charge < -0.3 is 15.2 Å². The van der Waals surface area contributed by atoms with Crippen molar-refractivity contribution >= 4 is 17.6 Å². The van der Waals surface area contributed by atoms with Crippen molar-refractivity contribution in [2.45, 2.75) is 32.7 Å². The zero-order chi connectivity index (χ0) is 18.9. The van der Waals surface area contributed by atoms with Crippen molar-refractivity contribution < 1.29 is 19.4 Å². The molecule has 1 aromatic carbocycles. The lowest BCUT2D eigenvalue weighted by Crippen LogP contribution is -2.48. The Bertz CT molecular complexity index is 583. The minimum Gasteiger partial charge on any atom is -0.494 e. The van der Waals surface area contributed by atoms with Crippen molar-refractivity contribution in [1.29, 1.82) is 0 Å². The highest BCUT2D eigenvalue weighted by Crippen LogP contribution is 2.18. The Morgan fingerprint density at radius 1 is 1.23 bits per heavy atom. The number of piperidine rings is 1. The number of nitrogens with one attached hydrogen (secondary N) is 1. The van der Waals surface area contributed by atoms with Gasteiger partial charge in [0.25, 0.3) is 0 Å². The highest BCUT2D eigenvalue weighted by molar-refractivity contribution is 5.92. The number of hydrogen-bond donors (Lipinski definition) is 2. The summed E-state index contributed by atoms with van der Waals surface area (Å²) >= 11 is 0. The molecule has 7 heteroatoms. The molecule has 0 atom stereocenters. The molecule has 1 aliphatic heterocycles. The smallest absolute Gasteiger partial charge is 0.317 e. The molecule has 0 saturated carbocycles. The van der Waals surface area contributed by atoms with Crippen LogP contribution < -0.4 is 10.1 Å². The molecule has 144 valence electrons. The number of benzene rings is 1. The third-order valence-electron chi connectivity index (χ3n) is 4.63. The van der Waals surface area contributed by atoms with Crippen LogP contribution in [0.25, 0.3) is 0 Å². The van der Waals surface area contributed by atoms with E-state index in [1.54, 1.807) is 0 Å². The molecule has 0 aliphatic carbocycles. The average molecular weight is 363 g/mol. The second-order valence-corrected chi connectivity index (χ2v) is 6.47. The Morgan fingerprint density at radius 2 is 1.88 bits per heavy atom. The van der Waals surface area contributed by atoms with Gasteiger partial charge in [-0.2, -0.15) is 0 Å². The van der Waals surface area contributed by atoms with E-state index in [9.17, 15) is 9.59 Å². The summed E-state index contributed by atoms with van der Waals surface area (Å²) in [5.74, 6) is -0.0380.